The van der Waals surface area contributed by atoms with E-state index in [0.717, 1.165) is 13.1 Å². The van der Waals surface area contributed by atoms with Crippen molar-refractivity contribution in [1.82, 2.24) is 4.90 Å². The van der Waals surface area contributed by atoms with Gasteiger partial charge in [0.05, 0.1) is 23.8 Å². The van der Waals surface area contributed by atoms with Gasteiger partial charge in [0.1, 0.15) is 0 Å². The molecule has 3 rings (SSSR count). The molecule has 1 aliphatic rings. The first kappa shape index (κ1) is 21.9. The van der Waals surface area contributed by atoms with Crippen molar-refractivity contribution in [3.8, 4) is 0 Å². The number of sulfonamides is 1. The lowest BCUT2D eigenvalue weighted by atomic mass is 10.3. The van der Waals surface area contributed by atoms with Gasteiger partial charge in [-0.05, 0) is 48.2 Å². The fourth-order valence-corrected chi connectivity index (χ4v) is 4.98. The SMILES string of the molecule is O=S(=O)(c1ccc(SC(F)(F)F)cc1)N(CCN1CCOCC1)c1ccccc1. The molecule has 0 bridgehead atoms. The van der Waals surface area contributed by atoms with Gasteiger partial charge in [-0.25, -0.2) is 8.42 Å². The minimum atomic E-state index is -4.42. The van der Waals surface area contributed by atoms with Crippen molar-refractivity contribution < 1.29 is 26.3 Å². The minimum absolute atomic E-state index is 0.0464. The number of alkyl halides is 3. The summed E-state index contributed by atoms with van der Waals surface area (Å²) in [6, 6.07) is 13.5. The summed E-state index contributed by atoms with van der Waals surface area (Å²) < 4.78 is 70.7. The minimum Gasteiger partial charge on any atom is -0.379 e. The summed E-state index contributed by atoms with van der Waals surface area (Å²) in [4.78, 5) is 2.02. The van der Waals surface area contributed by atoms with Crippen molar-refractivity contribution in [2.75, 3.05) is 43.7 Å². The number of ether oxygens (including phenoxy) is 1. The van der Waals surface area contributed by atoms with Gasteiger partial charge in [-0.3, -0.25) is 9.21 Å². The molecule has 1 fully saturated rings. The van der Waals surface area contributed by atoms with Crippen LogP contribution in [0.1, 0.15) is 0 Å². The number of anilines is 1. The van der Waals surface area contributed by atoms with Crippen LogP contribution < -0.4 is 4.31 Å². The van der Waals surface area contributed by atoms with Crippen LogP contribution in [0, 0.1) is 0 Å². The zero-order valence-electron chi connectivity index (χ0n) is 15.5. The van der Waals surface area contributed by atoms with Crippen molar-refractivity contribution in [3.05, 3.63) is 54.6 Å². The summed E-state index contributed by atoms with van der Waals surface area (Å²) in [5, 5.41) is 0. The predicted molar refractivity (Wildman–Crippen MR) is 107 cm³/mol. The van der Waals surface area contributed by atoms with Gasteiger partial charge < -0.3 is 4.74 Å². The van der Waals surface area contributed by atoms with Crippen molar-refractivity contribution >= 4 is 27.5 Å². The van der Waals surface area contributed by atoms with Gasteiger partial charge in [0.25, 0.3) is 10.0 Å². The van der Waals surface area contributed by atoms with Gasteiger partial charge in [0.15, 0.2) is 0 Å². The molecule has 10 heteroatoms. The molecule has 0 atom stereocenters. The molecule has 0 aliphatic carbocycles. The highest BCUT2D eigenvalue weighted by molar-refractivity contribution is 8.00. The third kappa shape index (κ3) is 6.11. The van der Waals surface area contributed by atoms with E-state index in [4.69, 9.17) is 4.74 Å². The second-order valence-electron chi connectivity index (χ2n) is 6.39. The lowest BCUT2D eigenvalue weighted by Gasteiger charge is -2.30. The number of rotatable bonds is 7. The van der Waals surface area contributed by atoms with Gasteiger partial charge in [0, 0.05) is 31.1 Å². The molecule has 0 amide bonds. The molecule has 1 heterocycles. The second kappa shape index (κ2) is 9.38. The summed E-state index contributed by atoms with van der Waals surface area (Å²) in [5.41, 5.74) is -3.91. The summed E-state index contributed by atoms with van der Waals surface area (Å²) in [7, 11) is -3.93. The quantitative estimate of drug-likeness (QED) is 0.605. The Morgan fingerprint density at radius 2 is 1.62 bits per heavy atom. The Morgan fingerprint density at radius 3 is 2.21 bits per heavy atom. The van der Waals surface area contributed by atoms with Gasteiger partial charge in [-0.15, -0.1) is 0 Å². The van der Waals surface area contributed by atoms with Crippen LogP contribution in [0.15, 0.2) is 64.4 Å². The topological polar surface area (TPSA) is 49.9 Å². The van der Waals surface area contributed by atoms with E-state index in [2.05, 4.69) is 4.90 Å². The molecule has 1 aliphatic heterocycles. The maximum atomic E-state index is 13.3. The first-order valence-electron chi connectivity index (χ1n) is 8.99. The molecular formula is C19H21F3N2O3S2. The van der Waals surface area contributed by atoms with E-state index in [1.54, 1.807) is 30.3 Å². The van der Waals surface area contributed by atoms with Crippen LogP contribution >= 0.6 is 11.8 Å². The largest absolute Gasteiger partial charge is 0.446 e. The van der Waals surface area contributed by atoms with E-state index >= 15 is 0 Å². The molecule has 5 nitrogen and oxygen atoms in total. The monoisotopic (exact) mass is 446 g/mol. The maximum Gasteiger partial charge on any atom is 0.446 e. The van der Waals surface area contributed by atoms with Crippen molar-refractivity contribution in [3.63, 3.8) is 0 Å². The summed E-state index contributed by atoms with van der Waals surface area (Å²) in [6.07, 6.45) is 0. The van der Waals surface area contributed by atoms with Gasteiger partial charge >= 0.3 is 5.51 Å². The van der Waals surface area contributed by atoms with Crippen molar-refractivity contribution in [2.45, 2.75) is 15.3 Å². The second-order valence-corrected chi connectivity index (χ2v) is 9.39. The third-order valence-electron chi connectivity index (χ3n) is 4.41. The summed E-state index contributed by atoms with van der Waals surface area (Å²) >= 11 is -0.273. The van der Waals surface area contributed by atoms with Crippen LogP contribution in [0.4, 0.5) is 18.9 Å². The maximum absolute atomic E-state index is 13.3. The number of hydrogen-bond acceptors (Lipinski definition) is 5. The molecule has 0 unspecified atom stereocenters. The van der Waals surface area contributed by atoms with E-state index in [1.807, 2.05) is 0 Å². The van der Waals surface area contributed by atoms with E-state index in [-0.39, 0.29) is 28.1 Å². The average molecular weight is 447 g/mol. The molecule has 29 heavy (non-hydrogen) atoms. The van der Waals surface area contributed by atoms with Gasteiger partial charge in [-0.1, -0.05) is 18.2 Å². The van der Waals surface area contributed by atoms with Crippen LogP contribution in [0.5, 0.6) is 0 Å². The molecule has 2 aromatic rings. The zero-order valence-corrected chi connectivity index (χ0v) is 17.1. The average Bonchev–Trinajstić information content (AvgIpc) is 2.69. The Hall–Kier alpha value is -1.75. The lowest BCUT2D eigenvalue weighted by molar-refractivity contribution is -0.0328. The smallest absolute Gasteiger partial charge is 0.379 e. The molecule has 0 aromatic heterocycles. The van der Waals surface area contributed by atoms with Crippen LogP contribution in [0.3, 0.4) is 0 Å². The normalized spacial score (nSPS) is 16.0. The Balaban J connectivity index is 1.83. The number of hydrogen-bond donors (Lipinski definition) is 0. The predicted octanol–water partition coefficient (Wildman–Crippen LogP) is 3.83. The lowest BCUT2D eigenvalue weighted by Crippen LogP contribution is -2.43. The standard InChI is InChI=1S/C19H21F3N2O3S2/c20-19(21,22)28-17-6-8-18(9-7-17)29(25,26)24(16-4-2-1-3-5-16)11-10-23-12-14-27-15-13-23/h1-9H,10-15H2. The molecule has 0 spiro atoms. The molecule has 2 aromatic carbocycles. The van der Waals surface area contributed by atoms with Gasteiger partial charge in [0.2, 0.25) is 0 Å². The third-order valence-corrected chi connectivity index (χ3v) is 6.99. The number of benzene rings is 2. The van der Waals surface area contributed by atoms with E-state index in [0.29, 0.717) is 25.4 Å². The Morgan fingerprint density at radius 1 is 1.00 bits per heavy atom. The number of para-hydroxylation sites is 1. The number of morpholine rings is 1. The first-order valence-corrected chi connectivity index (χ1v) is 11.2. The van der Waals surface area contributed by atoms with Crippen molar-refractivity contribution in [1.29, 1.82) is 0 Å². The first-order chi connectivity index (χ1) is 13.8. The number of halogens is 3. The molecule has 158 valence electrons. The molecule has 1 saturated heterocycles. The number of nitrogens with zero attached hydrogens (tertiary/aromatic N) is 2. The van der Waals surface area contributed by atoms with Gasteiger partial charge in [-0.2, -0.15) is 13.2 Å². The fourth-order valence-electron chi connectivity index (χ4n) is 2.98. The molecule has 0 N–H and O–H groups in total. The number of thioether (sulfide) groups is 1. The van der Waals surface area contributed by atoms with Crippen LogP contribution in [0.2, 0.25) is 0 Å². The summed E-state index contributed by atoms with van der Waals surface area (Å²) in [5.74, 6) is 0. The highest BCUT2D eigenvalue weighted by atomic mass is 32.2. The molecule has 0 saturated carbocycles. The Labute approximate surface area is 172 Å². The fraction of sp³-hybridized carbons (Fsp3) is 0.368. The van der Waals surface area contributed by atoms with Crippen LogP contribution in [-0.2, 0) is 14.8 Å². The summed E-state index contributed by atoms with van der Waals surface area (Å²) in [6.45, 7) is 3.43. The van der Waals surface area contributed by atoms with Crippen molar-refractivity contribution in [2.24, 2.45) is 0 Å². The van der Waals surface area contributed by atoms with Crippen LogP contribution in [0.25, 0.3) is 0 Å². The zero-order chi connectivity index (χ0) is 20.9. The van der Waals surface area contributed by atoms with E-state index in [9.17, 15) is 21.6 Å². The highest BCUT2D eigenvalue weighted by Crippen LogP contribution is 2.37. The molecule has 0 radical (unpaired) electrons. The Kier molecular flexibility index (Phi) is 7.10. The Bertz CT molecular complexity index is 885. The van der Waals surface area contributed by atoms with Crippen LogP contribution in [-0.4, -0.2) is 58.2 Å². The van der Waals surface area contributed by atoms with E-state index < -0.39 is 15.5 Å². The highest BCUT2D eigenvalue weighted by Gasteiger charge is 2.30. The van der Waals surface area contributed by atoms with E-state index in [1.165, 1.54) is 28.6 Å². The molecular weight excluding hydrogens is 425 g/mol.